The van der Waals surface area contributed by atoms with Crippen LogP contribution in [-0.2, 0) is 26.2 Å². The Morgan fingerprint density at radius 3 is 2.19 bits per heavy atom. The molecule has 3 aromatic rings. The number of sulfonamides is 1. The summed E-state index contributed by atoms with van der Waals surface area (Å²) in [6.45, 7) is 7.96. The van der Waals surface area contributed by atoms with E-state index < -0.39 is 28.5 Å². The standard InChI is InChI=1S/C32H39Cl2N3O5S/c1-5-8-19-35-32(39)30(6-2)36(21-24-11-18-28(33)29(34)20-24)31(38)22-37(25-12-14-26(15-13-25)42-7-3)43(40,41)27-16-9-23(4)10-17-27/h9-18,20,30H,5-8,19,21-22H2,1-4H3,(H,35,39)/t30-/m1/s1. The van der Waals surface area contributed by atoms with Crippen LogP contribution in [0.3, 0.4) is 0 Å². The molecule has 0 saturated heterocycles. The summed E-state index contributed by atoms with van der Waals surface area (Å²) >= 11 is 12.4. The molecule has 1 atom stereocenters. The number of rotatable bonds is 15. The van der Waals surface area contributed by atoms with E-state index in [4.69, 9.17) is 27.9 Å². The number of carbonyl (C=O) groups excluding carboxylic acids is 2. The summed E-state index contributed by atoms with van der Waals surface area (Å²) in [5.74, 6) is -0.284. The zero-order chi connectivity index (χ0) is 31.6. The van der Waals surface area contributed by atoms with Gasteiger partial charge in [0.1, 0.15) is 18.3 Å². The molecule has 232 valence electrons. The van der Waals surface area contributed by atoms with Crippen molar-refractivity contribution in [1.29, 1.82) is 0 Å². The highest BCUT2D eigenvalue weighted by atomic mass is 35.5. The first-order valence-electron chi connectivity index (χ1n) is 14.3. The first kappa shape index (κ1) is 34.2. The molecule has 11 heteroatoms. The van der Waals surface area contributed by atoms with E-state index in [1.165, 1.54) is 17.0 Å². The number of carbonyl (C=O) groups is 2. The molecular weight excluding hydrogens is 609 g/mol. The molecule has 0 aliphatic carbocycles. The van der Waals surface area contributed by atoms with Crippen LogP contribution in [0.5, 0.6) is 5.75 Å². The largest absolute Gasteiger partial charge is 0.494 e. The Morgan fingerprint density at radius 2 is 1.60 bits per heavy atom. The number of anilines is 1. The maximum Gasteiger partial charge on any atom is 0.264 e. The summed E-state index contributed by atoms with van der Waals surface area (Å²) < 4.78 is 34.6. The first-order valence-corrected chi connectivity index (χ1v) is 16.5. The van der Waals surface area contributed by atoms with E-state index in [0.29, 0.717) is 40.9 Å². The summed E-state index contributed by atoms with van der Waals surface area (Å²) in [7, 11) is -4.17. The molecule has 43 heavy (non-hydrogen) atoms. The third-order valence-corrected chi connectivity index (χ3v) is 9.40. The molecule has 3 aromatic carbocycles. The van der Waals surface area contributed by atoms with Gasteiger partial charge in [-0.05, 0) is 80.8 Å². The Kier molecular flexibility index (Phi) is 12.7. The second kappa shape index (κ2) is 16.0. The molecule has 0 aromatic heterocycles. The Labute approximate surface area is 265 Å². The van der Waals surface area contributed by atoms with Gasteiger partial charge in [0.15, 0.2) is 0 Å². The van der Waals surface area contributed by atoms with Crippen LogP contribution in [0.25, 0.3) is 0 Å². The van der Waals surface area contributed by atoms with Crippen molar-refractivity contribution in [2.45, 2.75) is 64.4 Å². The van der Waals surface area contributed by atoms with Gasteiger partial charge in [-0.1, -0.05) is 67.2 Å². The van der Waals surface area contributed by atoms with Crippen molar-refractivity contribution >= 4 is 50.7 Å². The number of hydrogen-bond donors (Lipinski definition) is 1. The lowest BCUT2D eigenvalue weighted by Crippen LogP contribution is -2.52. The van der Waals surface area contributed by atoms with Crippen molar-refractivity contribution in [1.82, 2.24) is 10.2 Å². The molecule has 0 fully saturated rings. The summed E-state index contributed by atoms with van der Waals surface area (Å²) in [4.78, 5) is 28.9. The Balaban J connectivity index is 2.05. The lowest BCUT2D eigenvalue weighted by atomic mass is 10.1. The number of nitrogens with zero attached hydrogens (tertiary/aromatic N) is 2. The third-order valence-electron chi connectivity index (χ3n) is 6.88. The van der Waals surface area contributed by atoms with Gasteiger partial charge >= 0.3 is 0 Å². The van der Waals surface area contributed by atoms with E-state index >= 15 is 0 Å². The van der Waals surface area contributed by atoms with Gasteiger partial charge in [-0.15, -0.1) is 0 Å². The minimum absolute atomic E-state index is 0.0249. The van der Waals surface area contributed by atoms with Crippen LogP contribution in [0, 0.1) is 6.92 Å². The highest BCUT2D eigenvalue weighted by Crippen LogP contribution is 2.28. The van der Waals surface area contributed by atoms with E-state index in [0.717, 1.165) is 22.7 Å². The molecule has 2 amide bonds. The van der Waals surface area contributed by atoms with E-state index in [1.807, 2.05) is 27.7 Å². The molecule has 0 saturated carbocycles. The van der Waals surface area contributed by atoms with Gasteiger partial charge in [0, 0.05) is 13.1 Å². The summed E-state index contributed by atoms with van der Waals surface area (Å²) in [6.07, 6.45) is 2.01. The average molecular weight is 649 g/mol. The fraction of sp³-hybridized carbons (Fsp3) is 0.375. The number of halogens is 2. The minimum Gasteiger partial charge on any atom is -0.494 e. The Hall–Kier alpha value is -3.27. The predicted octanol–water partition coefficient (Wildman–Crippen LogP) is 6.62. The number of ether oxygens (including phenoxy) is 1. The van der Waals surface area contributed by atoms with Crippen LogP contribution >= 0.6 is 23.2 Å². The molecule has 0 aliphatic heterocycles. The predicted molar refractivity (Wildman–Crippen MR) is 172 cm³/mol. The van der Waals surface area contributed by atoms with Crippen molar-refractivity contribution in [2.75, 3.05) is 24.0 Å². The van der Waals surface area contributed by atoms with E-state index in [-0.39, 0.29) is 23.0 Å². The fourth-order valence-electron chi connectivity index (χ4n) is 4.50. The molecule has 0 spiro atoms. The highest BCUT2D eigenvalue weighted by Gasteiger charge is 2.33. The van der Waals surface area contributed by atoms with Crippen LogP contribution in [0.1, 0.15) is 51.2 Å². The van der Waals surface area contributed by atoms with Crippen LogP contribution in [0.15, 0.2) is 71.6 Å². The number of amides is 2. The molecule has 3 rings (SSSR count). The van der Waals surface area contributed by atoms with Crippen molar-refractivity contribution in [3.63, 3.8) is 0 Å². The quantitative estimate of drug-likeness (QED) is 0.187. The van der Waals surface area contributed by atoms with Crippen molar-refractivity contribution in [3.8, 4) is 5.75 Å². The summed E-state index contributed by atoms with van der Waals surface area (Å²) in [5.41, 5.74) is 1.83. The van der Waals surface area contributed by atoms with Crippen LogP contribution in [0.2, 0.25) is 10.0 Å². The van der Waals surface area contributed by atoms with E-state index in [2.05, 4.69) is 5.32 Å². The topological polar surface area (TPSA) is 96.0 Å². The minimum atomic E-state index is -4.17. The molecule has 0 bridgehead atoms. The second-order valence-corrected chi connectivity index (χ2v) is 12.8. The van der Waals surface area contributed by atoms with Crippen molar-refractivity contribution < 1.29 is 22.7 Å². The molecule has 8 nitrogen and oxygen atoms in total. The SMILES string of the molecule is CCCCNC(=O)[C@@H](CC)N(Cc1ccc(Cl)c(Cl)c1)C(=O)CN(c1ccc(OCC)cc1)S(=O)(=O)c1ccc(C)cc1. The maximum absolute atomic E-state index is 14.2. The zero-order valence-corrected chi connectivity index (χ0v) is 27.3. The van der Waals surface area contributed by atoms with Crippen LogP contribution < -0.4 is 14.4 Å². The summed E-state index contributed by atoms with van der Waals surface area (Å²) in [5, 5.41) is 3.58. The van der Waals surface area contributed by atoms with Crippen molar-refractivity contribution in [3.05, 3.63) is 87.9 Å². The van der Waals surface area contributed by atoms with Gasteiger partial charge < -0.3 is 15.0 Å². The average Bonchev–Trinajstić information content (AvgIpc) is 2.98. The first-order chi connectivity index (χ1) is 20.5. The number of benzene rings is 3. The smallest absolute Gasteiger partial charge is 0.264 e. The molecule has 0 radical (unpaired) electrons. The fourth-order valence-corrected chi connectivity index (χ4v) is 6.24. The molecule has 0 aliphatic rings. The van der Waals surface area contributed by atoms with Crippen LogP contribution in [-0.4, -0.2) is 50.9 Å². The number of aryl methyl sites for hydroxylation is 1. The molecule has 1 N–H and O–H groups in total. The normalized spacial score (nSPS) is 12.0. The van der Waals surface area contributed by atoms with Gasteiger partial charge in [-0.2, -0.15) is 0 Å². The molecule has 0 unspecified atom stereocenters. The van der Waals surface area contributed by atoms with E-state index in [9.17, 15) is 18.0 Å². The van der Waals surface area contributed by atoms with Crippen LogP contribution in [0.4, 0.5) is 5.69 Å². The molecular formula is C32H39Cl2N3O5S. The highest BCUT2D eigenvalue weighted by molar-refractivity contribution is 7.92. The van der Waals surface area contributed by atoms with Gasteiger partial charge in [0.05, 0.1) is 27.2 Å². The van der Waals surface area contributed by atoms with Gasteiger partial charge in [0.25, 0.3) is 10.0 Å². The molecule has 0 heterocycles. The number of nitrogens with one attached hydrogen (secondary N) is 1. The second-order valence-electron chi connectivity index (χ2n) is 10.1. The Morgan fingerprint density at radius 1 is 0.930 bits per heavy atom. The van der Waals surface area contributed by atoms with Gasteiger partial charge in [0.2, 0.25) is 11.8 Å². The van der Waals surface area contributed by atoms with Crippen molar-refractivity contribution in [2.24, 2.45) is 0 Å². The lowest BCUT2D eigenvalue weighted by Gasteiger charge is -2.33. The third kappa shape index (κ3) is 9.11. The lowest BCUT2D eigenvalue weighted by molar-refractivity contribution is -0.140. The number of unbranched alkanes of at least 4 members (excludes halogenated alkanes) is 1. The Bertz CT molecular complexity index is 1480. The number of hydrogen-bond acceptors (Lipinski definition) is 5. The van der Waals surface area contributed by atoms with Gasteiger partial charge in [-0.25, -0.2) is 8.42 Å². The van der Waals surface area contributed by atoms with Gasteiger partial charge in [-0.3, -0.25) is 13.9 Å². The zero-order valence-electron chi connectivity index (χ0n) is 25.0. The monoisotopic (exact) mass is 647 g/mol. The maximum atomic E-state index is 14.2. The van der Waals surface area contributed by atoms with E-state index in [1.54, 1.807) is 54.6 Å². The summed E-state index contributed by atoms with van der Waals surface area (Å²) in [6, 6.07) is 17.1.